The second-order valence-electron chi connectivity index (χ2n) is 7.76. The molecular formula is C20H24ClN5O2. The summed E-state index contributed by atoms with van der Waals surface area (Å²) >= 11 is 5.95. The molecule has 0 unspecified atom stereocenters. The smallest absolute Gasteiger partial charge is 0.410 e. The zero-order chi connectivity index (χ0) is 20.3. The number of carbonyl (C=O) groups excluding carboxylic acids is 1. The number of aromatic nitrogens is 2. The Bertz CT molecular complexity index is 930. The predicted octanol–water partition coefficient (Wildman–Crippen LogP) is 3.52. The number of nitrogens with zero attached hydrogens (tertiary/aromatic N) is 4. The molecule has 0 atom stereocenters. The summed E-state index contributed by atoms with van der Waals surface area (Å²) in [7, 11) is 0. The number of aliphatic imine (C=N–C) groups is 1. The van der Waals surface area contributed by atoms with E-state index in [4.69, 9.17) is 22.1 Å². The summed E-state index contributed by atoms with van der Waals surface area (Å²) in [5, 5.41) is 0.415. The van der Waals surface area contributed by atoms with Crippen LogP contribution >= 0.6 is 11.6 Å². The molecule has 1 aliphatic rings. The van der Waals surface area contributed by atoms with Crippen LogP contribution in [0.2, 0.25) is 5.15 Å². The zero-order valence-electron chi connectivity index (χ0n) is 16.2. The second kappa shape index (κ2) is 8.14. The summed E-state index contributed by atoms with van der Waals surface area (Å²) < 4.78 is 5.35. The number of fused-ring (bicyclic) bond motifs is 1. The zero-order valence-corrected chi connectivity index (χ0v) is 17.0. The first-order chi connectivity index (χ1) is 13.2. The normalized spacial score (nSPS) is 15.9. The quantitative estimate of drug-likeness (QED) is 0.624. The number of halogens is 1. The van der Waals surface area contributed by atoms with Crippen LogP contribution in [0.1, 0.15) is 26.3 Å². The average Bonchev–Trinajstić information content (AvgIpc) is 2.57. The van der Waals surface area contributed by atoms with E-state index in [1.807, 2.05) is 32.9 Å². The lowest BCUT2D eigenvalue weighted by Gasteiger charge is -2.39. The molecule has 0 spiro atoms. The van der Waals surface area contributed by atoms with Gasteiger partial charge in [-0.2, -0.15) is 0 Å². The molecule has 1 saturated heterocycles. The van der Waals surface area contributed by atoms with E-state index in [9.17, 15) is 4.79 Å². The van der Waals surface area contributed by atoms with Crippen LogP contribution in [-0.2, 0) is 4.74 Å². The maximum absolute atomic E-state index is 11.9. The van der Waals surface area contributed by atoms with Gasteiger partial charge in [0.05, 0.1) is 11.0 Å². The monoisotopic (exact) mass is 401 g/mol. The minimum absolute atomic E-state index is 0.274. The summed E-state index contributed by atoms with van der Waals surface area (Å²) in [6.07, 6.45) is 4.67. The molecule has 2 N–H and O–H groups in total. The highest BCUT2D eigenvalue weighted by Gasteiger charge is 2.33. The Morgan fingerprint density at radius 2 is 2.14 bits per heavy atom. The van der Waals surface area contributed by atoms with Crippen LogP contribution in [0.5, 0.6) is 0 Å². The van der Waals surface area contributed by atoms with Crippen LogP contribution in [0.25, 0.3) is 16.6 Å². The van der Waals surface area contributed by atoms with E-state index in [2.05, 4.69) is 15.0 Å². The number of amides is 1. The molecule has 3 rings (SSSR count). The molecule has 3 heterocycles. The highest BCUT2D eigenvalue weighted by atomic mass is 35.5. The molecule has 0 saturated carbocycles. The molecule has 0 bridgehead atoms. The van der Waals surface area contributed by atoms with Crippen LogP contribution in [0.3, 0.4) is 0 Å². The van der Waals surface area contributed by atoms with Crippen LogP contribution in [0, 0.1) is 5.92 Å². The van der Waals surface area contributed by atoms with Gasteiger partial charge in [0, 0.05) is 55.3 Å². The van der Waals surface area contributed by atoms with Gasteiger partial charge in [0.2, 0.25) is 0 Å². The average molecular weight is 402 g/mol. The molecule has 0 radical (unpaired) electrons. The van der Waals surface area contributed by atoms with Gasteiger partial charge in [-0.1, -0.05) is 11.6 Å². The Hall–Kier alpha value is -2.67. The van der Waals surface area contributed by atoms with Gasteiger partial charge in [0.25, 0.3) is 0 Å². The molecule has 0 aliphatic carbocycles. The minimum Gasteiger partial charge on any atom is -0.444 e. The summed E-state index contributed by atoms with van der Waals surface area (Å²) in [5.74, 6) is 0.318. The van der Waals surface area contributed by atoms with Crippen LogP contribution in [0.15, 0.2) is 35.6 Å². The first-order valence-corrected chi connectivity index (χ1v) is 9.45. The molecule has 0 aromatic carbocycles. The van der Waals surface area contributed by atoms with Gasteiger partial charge in [-0.3, -0.25) is 9.98 Å². The van der Waals surface area contributed by atoms with E-state index in [0.29, 0.717) is 36.2 Å². The van der Waals surface area contributed by atoms with Crippen molar-refractivity contribution >= 4 is 40.5 Å². The molecular weight excluding hydrogens is 378 g/mol. The van der Waals surface area contributed by atoms with E-state index in [-0.39, 0.29) is 6.09 Å². The highest BCUT2D eigenvalue weighted by molar-refractivity contribution is 6.29. The molecule has 1 fully saturated rings. The first kappa shape index (κ1) is 20.1. The third kappa shape index (κ3) is 4.98. The second-order valence-corrected chi connectivity index (χ2v) is 8.15. The Labute approximate surface area is 169 Å². The number of ether oxygens (including phenoxy) is 1. The number of carbonyl (C=O) groups is 1. The SMILES string of the molecule is CC(C)(C)OC(=O)N1CC(CN=CC(=CN)c2cnc3ccc(Cl)nc3c2)C1. The maximum Gasteiger partial charge on any atom is 0.410 e. The van der Waals surface area contributed by atoms with Crippen molar-refractivity contribution in [2.24, 2.45) is 16.6 Å². The maximum atomic E-state index is 11.9. The van der Waals surface area contributed by atoms with E-state index in [1.54, 1.807) is 23.4 Å². The predicted molar refractivity (Wildman–Crippen MR) is 111 cm³/mol. The van der Waals surface area contributed by atoms with E-state index in [0.717, 1.165) is 16.7 Å². The van der Waals surface area contributed by atoms with Crippen molar-refractivity contribution in [1.29, 1.82) is 0 Å². The van der Waals surface area contributed by atoms with Crippen molar-refractivity contribution in [2.75, 3.05) is 19.6 Å². The molecule has 1 aliphatic heterocycles. The van der Waals surface area contributed by atoms with Gasteiger partial charge < -0.3 is 15.4 Å². The third-order valence-electron chi connectivity index (χ3n) is 4.22. The standard InChI is InChI=1S/C20H24ClN5O2/c1-20(2,3)28-19(27)26-11-13(12-26)8-23-9-15(7-22)14-6-17-16(24-10-14)4-5-18(21)25-17/h4-7,9-10,13H,8,11-12,22H2,1-3H3. The number of hydrogen-bond donors (Lipinski definition) is 1. The molecule has 8 heteroatoms. The Morgan fingerprint density at radius 3 is 2.82 bits per heavy atom. The van der Waals surface area contributed by atoms with Crippen LogP contribution in [0.4, 0.5) is 4.79 Å². The van der Waals surface area contributed by atoms with Gasteiger partial charge in [-0.15, -0.1) is 0 Å². The van der Waals surface area contributed by atoms with Crippen molar-refractivity contribution in [3.63, 3.8) is 0 Å². The van der Waals surface area contributed by atoms with E-state index >= 15 is 0 Å². The number of likely N-dealkylation sites (tertiary alicyclic amines) is 1. The number of pyridine rings is 2. The fraction of sp³-hybridized carbons (Fsp3) is 0.400. The van der Waals surface area contributed by atoms with Crippen LogP contribution < -0.4 is 5.73 Å². The number of rotatable bonds is 4. The van der Waals surface area contributed by atoms with Gasteiger partial charge in [0.1, 0.15) is 10.8 Å². The summed E-state index contributed by atoms with van der Waals surface area (Å²) in [6, 6.07) is 5.41. The van der Waals surface area contributed by atoms with Crippen molar-refractivity contribution in [1.82, 2.24) is 14.9 Å². The minimum atomic E-state index is -0.478. The van der Waals surface area contributed by atoms with Gasteiger partial charge >= 0.3 is 6.09 Å². The lowest BCUT2D eigenvalue weighted by Crippen LogP contribution is -2.52. The van der Waals surface area contributed by atoms with Gasteiger partial charge in [-0.25, -0.2) is 9.78 Å². The number of hydrogen-bond acceptors (Lipinski definition) is 6. The van der Waals surface area contributed by atoms with Crippen molar-refractivity contribution in [3.8, 4) is 0 Å². The van der Waals surface area contributed by atoms with Crippen molar-refractivity contribution in [3.05, 3.63) is 41.3 Å². The lowest BCUT2D eigenvalue weighted by molar-refractivity contribution is 0.000417. The molecule has 1 amide bonds. The highest BCUT2D eigenvalue weighted by Crippen LogP contribution is 2.21. The van der Waals surface area contributed by atoms with E-state index in [1.165, 1.54) is 6.20 Å². The third-order valence-corrected chi connectivity index (χ3v) is 4.43. The van der Waals surface area contributed by atoms with Gasteiger partial charge in [0.15, 0.2) is 0 Å². The van der Waals surface area contributed by atoms with Crippen molar-refractivity contribution in [2.45, 2.75) is 26.4 Å². The lowest BCUT2D eigenvalue weighted by atomic mass is 10.0. The fourth-order valence-corrected chi connectivity index (χ4v) is 2.97. The summed E-state index contributed by atoms with van der Waals surface area (Å²) in [6.45, 7) is 7.48. The fourth-order valence-electron chi connectivity index (χ4n) is 2.81. The molecule has 148 valence electrons. The summed E-state index contributed by atoms with van der Waals surface area (Å²) in [4.78, 5) is 26.8. The summed E-state index contributed by atoms with van der Waals surface area (Å²) in [5.41, 5.74) is 8.32. The van der Waals surface area contributed by atoms with Gasteiger partial charge in [-0.05, 0) is 39.0 Å². The van der Waals surface area contributed by atoms with Crippen LogP contribution in [-0.4, -0.2) is 52.4 Å². The topological polar surface area (TPSA) is 93.7 Å². The molecule has 7 nitrogen and oxygen atoms in total. The number of allylic oxidation sites excluding steroid dienone is 1. The largest absolute Gasteiger partial charge is 0.444 e. The van der Waals surface area contributed by atoms with Crippen molar-refractivity contribution < 1.29 is 9.53 Å². The van der Waals surface area contributed by atoms with E-state index < -0.39 is 5.60 Å². The Kier molecular flexibility index (Phi) is 5.84. The Balaban J connectivity index is 1.56. The molecule has 2 aromatic heterocycles. The Morgan fingerprint density at radius 1 is 1.39 bits per heavy atom. The molecule has 28 heavy (non-hydrogen) atoms. The first-order valence-electron chi connectivity index (χ1n) is 9.07. The number of nitrogens with two attached hydrogens (primary N) is 1. The molecule has 2 aromatic rings.